The summed E-state index contributed by atoms with van der Waals surface area (Å²) in [6.45, 7) is 1.95. The summed E-state index contributed by atoms with van der Waals surface area (Å²) in [5.41, 5.74) is 10.5. The van der Waals surface area contributed by atoms with Gasteiger partial charge >= 0.3 is 0 Å². The summed E-state index contributed by atoms with van der Waals surface area (Å²) in [7, 11) is 0. The van der Waals surface area contributed by atoms with Crippen molar-refractivity contribution in [2.45, 2.75) is 32.1 Å². The van der Waals surface area contributed by atoms with Crippen LogP contribution in [0.4, 0.5) is 5.95 Å². The number of nitrogen functional groups attached to an aromatic ring is 1. The van der Waals surface area contributed by atoms with Gasteiger partial charge in [-0.2, -0.15) is 4.98 Å². The quantitative estimate of drug-likeness (QED) is 0.513. The maximum atomic E-state index is 5.59. The van der Waals surface area contributed by atoms with Crippen LogP contribution in [-0.4, -0.2) is 25.1 Å². The molecule has 0 radical (unpaired) electrons. The van der Waals surface area contributed by atoms with E-state index in [1.807, 2.05) is 19.1 Å². The first-order valence-electron chi connectivity index (χ1n) is 10.1. The standard InChI is InChI=1S/C23H22N6O/c1-14-2-5-18(11-25-14)22-28-21(29-30-22)20(10-15-3-4-15)17-8-6-16(7-9-17)19-12-26-23(24)27-13-19/h2,5-9,11-13,15,20H,3-4,10H2,1H3,(H2,24,26,27). The maximum absolute atomic E-state index is 5.59. The average molecular weight is 398 g/mol. The van der Waals surface area contributed by atoms with Gasteiger partial charge < -0.3 is 10.3 Å². The zero-order valence-electron chi connectivity index (χ0n) is 16.7. The van der Waals surface area contributed by atoms with Crippen LogP contribution in [0.1, 0.15) is 42.3 Å². The number of hydrogen-bond donors (Lipinski definition) is 1. The predicted molar refractivity (Wildman–Crippen MR) is 113 cm³/mol. The van der Waals surface area contributed by atoms with E-state index in [2.05, 4.69) is 44.4 Å². The van der Waals surface area contributed by atoms with E-state index in [0.29, 0.717) is 5.89 Å². The fraction of sp³-hybridized carbons (Fsp3) is 0.261. The summed E-state index contributed by atoms with van der Waals surface area (Å²) in [5, 5.41) is 4.32. The lowest BCUT2D eigenvalue weighted by atomic mass is 9.91. The summed E-state index contributed by atoms with van der Waals surface area (Å²) in [5.74, 6) is 2.33. The van der Waals surface area contributed by atoms with Gasteiger partial charge in [0, 0.05) is 35.8 Å². The number of rotatable bonds is 6. The Balaban J connectivity index is 1.43. The third-order valence-electron chi connectivity index (χ3n) is 5.50. The summed E-state index contributed by atoms with van der Waals surface area (Å²) in [6, 6.07) is 12.3. The monoisotopic (exact) mass is 398 g/mol. The molecule has 1 unspecified atom stereocenters. The Kier molecular flexibility index (Phi) is 4.71. The third-order valence-corrected chi connectivity index (χ3v) is 5.50. The first-order chi connectivity index (χ1) is 14.7. The van der Waals surface area contributed by atoms with Crippen LogP contribution in [0.2, 0.25) is 0 Å². The molecule has 1 fully saturated rings. The second-order valence-corrected chi connectivity index (χ2v) is 7.83. The van der Waals surface area contributed by atoms with Gasteiger partial charge in [-0.05, 0) is 42.5 Å². The predicted octanol–water partition coefficient (Wildman–Crippen LogP) is 4.41. The Labute approximate surface area is 174 Å². The SMILES string of the molecule is Cc1ccc(-c2nc(C(CC3CC3)c3ccc(-c4cnc(N)nc4)cc3)no2)cn1. The Morgan fingerprint density at radius 3 is 2.30 bits per heavy atom. The van der Waals surface area contributed by atoms with Gasteiger partial charge in [-0.1, -0.05) is 42.3 Å². The van der Waals surface area contributed by atoms with Crippen molar-refractivity contribution in [3.63, 3.8) is 0 Å². The number of hydrogen-bond acceptors (Lipinski definition) is 7. The minimum atomic E-state index is 0.102. The Bertz CT molecular complexity index is 1130. The van der Waals surface area contributed by atoms with Crippen LogP contribution in [0, 0.1) is 12.8 Å². The van der Waals surface area contributed by atoms with Gasteiger partial charge in [0.25, 0.3) is 5.89 Å². The normalized spacial score (nSPS) is 14.6. The van der Waals surface area contributed by atoms with Crippen molar-refractivity contribution >= 4 is 5.95 Å². The van der Waals surface area contributed by atoms with E-state index < -0.39 is 0 Å². The second kappa shape index (κ2) is 7.67. The van der Waals surface area contributed by atoms with E-state index in [1.54, 1.807) is 18.6 Å². The Hall–Kier alpha value is -3.61. The topological polar surface area (TPSA) is 104 Å². The number of nitrogens with two attached hydrogens (primary N) is 1. The second-order valence-electron chi connectivity index (χ2n) is 7.83. The number of aryl methyl sites for hydroxylation is 1. The van der Waals surface area contributed by atoms with Gasteiger partial charge in [0.05, 0.1) is 5.56 Å². The zero-order chi connectivity index (χ0) is 20.5. The molecule has 0 aliphatic heterocycles. The van der Waals surface area contributed by atoms with Crippen molar-refractivity contribution < 1.29 is 4.52 Å². The van der Waals surface area contributed by atoms with Crippen LogP contribution in [0.3, 0.4) is 0 Å². The van der Waals surface area contributed by atoms with Gasteiger partial charge in [-0.15, -0.1) is 0 Å². The number of pyridine rings is 1. The summed E-state index contributed by atoms with van der Waals surface area (Å²) < 4.78 is 5.57. The van der Waals surface area contributed by atoms with E-state index >= 15 is 0 Å². The smallest absolute Gasteiger partial charge is 0.259 e. The summed E-state index contributed by atoms with van der Waals surface area (Å²) in [6.07, 6.45) is 8.80. The number of anilines is 1. The van der Waals surface area contributed by atoms with Crippen molar-refractivity contribution in [1.29, 1.82) is 0 Å². The van der Waals surface area contributed by atoms with E-state index in [1.165, 1.54) is 18.4 Å². The van der Waals surface area contributed by atoms with Gasteiger partial charge in [-0.25, -0.2) is 9.97 Å². The summed E-state index contributed by atoms with van der Waals surface area (Å²) in [4.78, 5) is 17.2. The van der Waals surface area contributed by atoms with Crippen molar-refractivity contribution in [2.24, 2.45) is 5.92 Å². The molecule has 1 aliphatic carbocycles. The van der Waals surface area contributed by atoms with Gasteiger partial charge in [0.2, 0.25) is 5.95 Å². The average Bonchev–Trinajstić information content (AvgIpc) is 3.47. The molecule has 7 nitrogen and oxygen atoms in total. The molecule has 150 valence electrons. The lowest BCUT2D eigenvalue weighted by Crippen LogP contribution is -2.05. The fourth-order valence-electron chi connectivity index (χ4n) is 3.56. The highest BCUT2D eigenvalue weighted by molar-refractivity contribution is 5.62. The molecular formula is C23H22N6O. The molecule has 4 aromatic rings. The molecule has 5 rings (SSSR count). The highest BCUT2D eigenvalue weighted by Gasteiger charge is 2.30. The van der Waals surface area contributed by atoms with Crippen LogP contribution in [0.15, 0.2) is 59.5 Å². The molecule has 3 heterocycles. The third kappa shape index (κ3) is 3.91. The molecule has 7 heteroatoms. The van der Waals surface area contributed by atoms with Crippen molar-refractivity contribution in [3.05, 3.63) is 72.1 Å². The maximum Gasteiger partial charge on any atom is 0.259 e. The van der Waals surface area contributed by atoms with Crippen LogP contribution in [0.5, 0.6) is 0 Å². The number of benzene rings is 1. The largest absolute Gasteiger partial charge is 0.368 e. The van der Waals surface area contributed by atoms with Gasteiger partial charge in [0.1, 0.15) is 0 Å². The van der Waals surface area contributed by atoms with Crippen LogP contribution in [-0.2, 0) is 0 Å². The number of nitrogens with zero attached hydrogens (tertiary/aromatic N) is 5. The van der Waals surface area contributed by atoms with E-state index in [-0.39, 0.29) is 11.9 Å². The fourth-order valence-corrected chi connectivity index (χ4v) is 3.56. The highest BCUT2D eigenvalue weighted by atomic mass is 16.5. The molecule has 30 heavy (non-hydrogen) atoms. The summed E-state index contributed by atoms with van der Waals surface area (Å²) >= 11 is 0. The minimum absolute atomic E-state index is 0.102. The lowest BCUT2D eigenvalue weighted by molar-refractivity contribution is 0.416. The molecule has 1 aromatic carbocycles. The number of aromatic nitrogens is 5. The van der Waals surface area contributed by atoms with Crippen LogP contribution < -0.4 is 5.73 Å². The van der Waals surface area contributed by atoms with Crippen LogP contribution >= 0.6 is 0 Å². The molecule has 0 saturated heterocycles. The lowest BCUT2D eigenvalue weighted by Gasteiger charge is -2.14. The molecule has 3 aromatic heterocycles. The first kappa shape index (κ1) is 18.4. The van der Waals surface area contributed by atoms with Gasteiger partial charge in [0.15, 0.2) is 5.82 Å². The van der Waals surface area contributed by atoms with Gasteiger partial charge in [-0.3, -0.25) is 4.98 Å². The molecule has 0 bridgehead atoms. The van der Waals surface area contributed by atoms with Crippen molar-refractivity contribution in [2.75, 3.05) is 5.73 Å². The van der Waals surface area contributed by atoms with E-state index in [4.69, 9.17) is 15.2 Å². The molecule has 1 atom stereocenters. The molecule has 0 spiro atoms. The molecule has 1 aliphatic rings. The highest BCUT2D eigenvalue weighted by Crippen LogP contribution is 2.41. The van der Waals surface area contributed by atoms with Crippen LogP contribution in [0.25, 0.3) is 22.6 Å². The molecule has 1 saturated carbocycles. The van der Waals surface area contributed by atoms with Crippen molar-refractivity contribution in [3.8, 4) is 22.6 Å². The minimum Gasteiger partial charge on any atom is -0.368 e. The van der Waals surface area contributed by atoms with E-state index in [9.17, 15) is 0 Å². The van der Waals surface area contributed by atoms with Crippen molar-refractivity contribution in [1.82, 2.24) is 25.1 Å². The molecule has 0 amide bonds. The Morgan fingerprint density at radius 2 is 1.63 bits per heavy atom. The molecule has 2 N–H and O–H groups in total. The van der Waals surface area contributed by atoms with E-state index in [0.717, 1.165) is 40.5 Å². The zero-order valence-corrected chi connectivity index (χ0v) is 16.7. The first-order valence-corrected chi connectivity index (χ1v) is 10.1. The molecular weight excluding hydrogens is 376 g/mol. The Morgan fingerprint density at radius 1 is 0.933 bits per heavy atom.